The fraction of sp³-hybridized carbons (Fsp3) is 0.417. The minimum absolute atomic E-state index is 0.148. The third kappa shape index (κ3) is 4.02. The first-order valence-electron chi connectivity index (χ1n) is 5.34. The topological polar surface area (TPSA) is 46.3 Å². The summed E-state index contributed by atoms with van der Waals surface area (Å²) in [6.07, 6.45) is 2.62. The molecule has 0 unspecified atom stereocenters. The van der Waals surface area contributed by atoms with E-state index in [1.807, 2.05) is 6.26 Å². The number of hydrogen-bond acceptors (Lipinski definition) is 3. The summed E-state index contributed by atoms with van der Waals surface area (Å²) in [6.45, 7) is 0. The van der Waals surface area contributed by atoms with Crippen molar-refractivity contribution in [3.05, 3.63) is 30.1 Å². The predicted molar refractivity (Wildman–Crippen MR) is 70.8 cm³/mol. The highest BCUT2D eigenvalue weighted by molar-refractivity contribution is 7.98. The van der Waals surface area contributed by atoms with Crippen molar-refractivity contribution in [1.29, 1.82) is 0 Å². The lowest BCUT2D eigenvalue weighted by Crippen LogP contribution is -2.42. The minimum Gasteiger partial charge on any atom is -0.320 e. The van der Waals surface area contributed by atoms with Crippen LogP contribution < -0.4 is 10.6 Å². The van der Waals surface area contributed by atoms with E-state index in [-0.39, 0.29) is 11.7 Å². The monoisotopic (exact) mass is 256 g/mol. The summed E-state index contributed by atoms with van der Waals surface area (Å²) >= 11 is 1.66. The fourth-order valence-electron chi connectivity index (χ4n) is 1.41. The average molecular weight is 256 g/mol. The van der Waals surface area contributed by atoms with E-state index in [1.54, 1.807) is 30.9 Å². The number of halogens is 1. The van der Waals surface area contributed by atoms with Crippen LogP contribution in [0.5, 0.6) is 0 Å². The number of amides is 1. The Morgan fingerprint density at radius 1 is 1.47 bits per heavy atom. The molecule has 1 aromatic rings. The Morgan fingerprint density at radius 2 is 2.06 bits per heavy atom. The molecule has 0 aliphatic carbocycles. The number of carbonyl (C=O) groups is 1. The lowest BCUT2D eigenvalue weighted by Gasteiger charge is -2.21. The van der Waals surface area contributed by atoms with Crippen molar-refractivity contribution in [3.8, 4) is 0 Å². The number of hydrogen-bond donors (Lipinski definition) is 1. The molecular formula is C12H17FN2OS. The zero-order valence-electron chi connectivity index (χ0n) is 10.0. The van der Waals surface area contributed by atoms with Gasteiger partial charge in [0.25, 0.3) is 0 Å². The number of anilines is 1. The van der Waals surface area contributed by atoms with E-state index < -0.39 is 6.04 Å². The van der Waals surface area contributed by atoms with Gasteiger partial charge in [-0.25, -0.2) is 4.39 Å². The lowest BCUT2D eigenvalue weighted by molar-refractivity contribution is -0.119. The molecule has 0 fully saturated rings. The Hall–Kier alpha value is -1.07. The molecule has 0 spiro atoms. The van der Waals surface area contributed by atoms with Crippen LogP contribution in [-0.4, -0.2) is 31.0 Å². The highest BCUT2D eigenvalue weighted by atomic mass is 32.2. The van der Waals surface area contributed by atoms with Crippen molar-refractivity contribution in [1.82, 2.24) is 0 Å². The molecule has 0 saturated carbocycles. The van der Waals surface area contributed by atoms with Gasteiger partial charge >= 0.3 is 0 Å². The van der Waals surface area contributed by atoms with Crippen molar-refractivity contribution < 1.29 is 9.18 Å². The van der Waals surface area contributed by atoms with Gasteiger partial charge in [-0.1, -0.05) is 0 Å². The normalized spacial score (nSPS) is 12.2. The van der Waals surface area contributed by atoms with Gasteiger partial charge in [0.2, 0.25) is 5.91 Å². The molecule has 94 valence electrons. The van der Waals surface area contributed by atoms with Crippen LogP contribution in [0, 0.1) is 5.82 Å². The van der Waals surface area contributed by atoms with Gasteiger partial charge in [0.15, 0.2) is 0 Å². The fourth-order valence-corrected chi connectivity index (χ4v) is 1.90. The Kier molecular flexibility index (Phi) is 5.44. The Labute approximate surface area is 105 Å². The third-order valence-corrected chi connectivity index (χ3v) is 3.14. The average Bonchev–Trinajstić information content (AvgIpc) is 2.35. The molecule has 17 heavy (non-hydrogen) atoms. The Bertz CT molecular complexity index is 369. The van der Waals surface area contributed by atoms with Crippen molar-refractivity contribution in [2.75, 3.05) is 24.0 Å². The predicted octanol–water partition coefficient (Wildman–Crippen LogP) is 1.87. The maximum Gasteiger partial charge on any atom is 0.243 e. The molecule has 1 atom stereocenters. The third-order valence-electron chi connectivity index (χ3n) is 2.49. The Balaban J connectivity index is 2.65. The van der Waals surface area contributed by atoms with Crippen molar-refractivity contribution in [2.24, 2.45) is 5.73 Å². The van der Waals surface area contributed by atoms with E-state index in [9.17, 15) is 9.18 Å². The molecular weight excluding hydrogens is 239 g/mol. The second-order valence-corrected chi connectivity index (χ2v) is 4.75. The van der Waals surface area contributed by atoms with Gasteiger partial charge < -0.3 is 10.6 Å². The van der Waals surface area contributed by atoms with Gasteiger partial charge in [-0.05, 0) is 42.7 Å². The van der Waals surface area contributed by atoms with E-state index in [1.165, 1.54) is 17.0 Å². The van der Waals surface area contributed by atoms with Crippen LogP contribution in [0.1, 0.15) is 6.42 Å². The second kappa shape index (κ2) is 6.61. The maximum atomic E-state index is 12.7. The number of thioether (sulfide) groups is 1. The smallest absolute Gasteiger partial charge is 0.243 e. The summed E-state index contributed by atoms with van der Waals surface area (Å²) in [5.41, 5.74) is 6.44. The van der Waals surface area contributed by atoms with Gasteiger partial charge in [-0.2, -0.15) is 11.8 Å². The van der Waals surface area contributed by atoms with Gasteiger partial charge in [0.05, 0.1) is 6.04 Å². The maximum absolute atomic E-state index is 12.7. The summed E-state index contributed by atoms with van der Waals surface area (Å²) in [5.74, 6) is 0.386. The number of rotatable bonds is 5. The molecule has 2 N–H and O–H groups in total. The Morgan fingerprint density at radius 3 is 2.59 bits per heavy atom. The zero-order valence-corrected chi connectivity index (χ0v) is 10.8. The van der Waals surface area contributed by atoms with Crippen LogP contribution in [0.15, 0.2) is 24.3 Å². The van der Waals surface area contributed by atoms with E-state index in [0.717, 1.165) is 5.75 Å². The van der Waals surface area contributed by atoms with Crippen LogP contribution >= 0.6 is 11.8 Å². The molecule has 1 rings (SSSR count). The van der Waals surface area contributed by atoms with Crippen LogP contribution in [-0.2, 0) is 4.79 Å². The molecule has 0 saturated heterocycles. The molecule has 0 aliphatic heterocycles. The van der Waals surface area contributed by atoms with Crippen LogP contribution in [0.4, 0.5) is 10.1 Å². The van der Waals surface area contributed by atoms with Gasteiger partial charge in [0, 0.05) is 12.7 Å². The van der Waals surface area contributed by atoms with Crippen molar-refractivity contribution >= 4 is 23.4 Å². The minimum atomic E-state index is -0.502. The summed E-state index contributed by atoms with van der Waals surface area (Å²) < 4.78 is 12.7. The molecule has 5 heteroatoms. The van der Waals surface area contributed by atoms with Crippen LogP contribution in [0.2, 0.25) is 0 Å². The van der Waals surface area contributed by atoms with Gasteiger partial charge in [-0.15, -0.1) is 0 Å². The number of carbonyl (C=O) groups excluding carboxylic acids is 1. The quantitative estimate of drug-likeness (QED) is 0.875. The van der Waals surface area contributed by atoms with Crippen molar-refractivity contribution in [2.45, 2.75) is 12.5 Å². The van der Waals surface area contributed by atoms with Crippen LogP contribution in [0.3, 0.4) is 0 Å². The molecule has 0 aromatic heterocycles. The second-order valence-electron chi connectivity index (χ2n) is 3.76. The first-order chi connectivity index (χ1) is 8.06. The molecule has 1 amide bonds. The summed E-state index contributed by atoms with van der Waals surface area (Å²) in [4.78, 5) is 13.4. The van der Waals surface area contributed by atoms with Crippen LogP contribution in [0.25, 0.3) is 0 Å². The summed E-state index contributed by atoms with van der Waals surface area (Å²) in [6, 6.07) is 5.28. The van der Waals surface area contributed by atoms with Gasteiger partial charge in [-0.3, -0.25) is 4.79 Å². The molecule has 0 radical (unpaired) electrons. The summed E-state index contributed by atoms with van der Waals surface area (Å²) in [5, 5.41) is 0. The summed E-state index contributed by atoms with van der Waals surface area (Å²) in [7, 11) is 1.65. The van der Waals surface area contributed by atoms with E-state index in [2.05, 4.69) is 0 Å². The first kappa shape index (κ1) is 14.0. The van der Waals surface area contributed by atoms with E-state index >= 15 is 0 Å². The highest BCUT2D eigenvalue weighted by Gasteiger charge is 2.18. The lowest BCUT2D eigenvalue weighted by atomic mass is 10.2. The molecule has 0 bridgehead atoms. The SMILES string of the molecule is CSCC[C@H](N)C(=O)N(C)c1ccc(F)cc1. The zero-order chi connectivity index (χ0) is 12.8. The van der Waals surface area contributed by atoms with Crippen molar-refractivity contribution in [3.63, 3.8) is 0 Å². The highest BCUT2D eigenvalue weighted by Crippen LogP contribution is 2.14. The largest absolute Gasteiger partial charge is 0.320 e. The molecule has 1 aromatic carbocycles. The standard InChI is InChI=1S/C12H17FN2OS/c1-15(10-5-3-9(13)4-6-10)12(16)11(14)7-8-17-2/h3-6,11H,7-8,14H2,1-2H3/t11-/m0/s1. The number of benzene rings is 1. The molecule has 0 heterocycles. The van der Waals surface area contributed by atoms with Gasteiger partial charge in [0.1, 0.15) is 5.82 Å². The van der Waals surface area contributed by atoms with E-state index in [4.69, 9.17) is 5.73 Å². The number of likely N-dealkylation sites (N-methyl/N-ethyl adjacent to an activating group) is 1. The first-order valence-corrected chi connectivity index (χ1v) is 6.73. The number of nitrogens with zero attached hydrogens (tertiary/aromatic N) is 1. The van der Waals surface area contributed by atoms with E-state index in [0.29, 0.717) is 12.1 Å². The number of nitrogens with two attached hydrogens (primary N) is 1. The molecule has 3 nitrogen and oxygen atoms in total. The molecule has 0 aliphatic rings.